The molecular weight excluding hydrogens is 464 g/mol. The molecule has 1 unspecified atom stereocenters. The molecule has 2 atom stereocenters. The Kier molecular flexibility index (Phi) is 7.51. The first-order valence-corrected chi connectivity index (χ1v) is 11.7. The van der Waals surface area contributed by atoms with E-state index in [1.807, 2.05) is 30.5 Å². The molecule has 4 aromatic rings. The zero-order valence-electron chi connectivity index (χ0n) is 20.4. The van der Waals surface area contributed by atoms with Crippen molar-refractivity contribution < 1.29 is 19.7 Å². The van der Waals surface area contributed by atoms with Crippen LogP contribution in [0.25, 0.3) is 10.9 Å². The predicted molar refractivity (Wildman–Crippen MR) is 134 cm³/mol. The molecule has 0 aliphatic heterocycles. The Morgan fingerprint density at radius 3 is 2.67 bits per heavy atom. The van der Waals surface area contributed by atoms with Crippen molar-refractivity contribution in [3.63, 3.8) is 0 Å². The van der Waals surface area contributed by atoms with Crippen LogP contribution in [-0.2, 0) is 18.4 Å². The van der Waals surface area contributed by atoms with Gasteiger partial charge in [0.2, 0.25) is 0 Å². The zero-order chi connectivity index (χ0) is 25.8. The van der Waals surface area contributed by atoms with Crippen molar-refractivity contribution >= 4 is 22.6 Å². The topological polar surface area (TPSA) is 136 Å². The van der Waals surface area contributed by atoms with Crippen molar-refractivity contribution in [2.45, 2.75) is 39.0 Å². The first-order chi connectivity index (χ1) is 17.2. The largest absolute Gasteiger partial charge is 0.455 e. The summed E-state index contributed by atoms with van der Waals surface area (Å²) in [4.78, 5) is 26.0. The second kappa shape index (κ2) is 10.8. The number of hydrogen-bond acceptors (Lipinski definition) is 7. The Balaban J connectivity index is 1.58. The summed E-state index contributed by atoms with van der Waals surface area (Å²) in [5.74, 6) is 0.911. The van der Waals surface area contributed by atoms with Crippen LogP contribution in [0.5, 0.6) is 11.5 Å². The van der Waals surface area contributed by atoms with Gasteiger partial charge in [-0.1, -0.05) is 19.9 Å². The van der Waals surface area contributed by atoms with E-state index in [-0.39, 0.29) is 30.7 Å². The summed E-state index contributed by atoms with van der Waals surface area (Å²) in [6, 6.07) is 9.44. The van der Waals surface area contributed by atoms with E-state index in [4.69, 9.17) is 9.84 Å². The first-order valence-electron chi connectivity index (χ1n) is 11.7. The Bertz CT molecular complexity index is 1410. The number of benzene rings is 1. The van der Waals surface area contributed by atoms with Gasteiger partial charge in [-0.25, -0.2) is 4.68 Å². The quantitative estimate of drug-likeness (QED) is 0.308. The molecule has 11 heteroatoms. The van der Waals surface area contributed by atoms with Crippen molar-refractivity contribution in [1.29, 1.82) is 0 Å². The number of carbonyl (C=O) groups is 1. The lowest BCUT2D eigenvalue weighted by atomic mass is 10.0. The van der Waals surface area contributed by atoms with Gasteiger partial charge in [0.25, 0.3) is 11.5 Å². The maximum absolute atomic E-state index is 13.0. The van der Waals surface area contributed by atoms with Crippen LogP contribution in [0.3, 0.4) is 0 Å². The number of carbonyl (C=O) groups excluding carboxylic acids is 1. The number of rotatable bonds is 10. The van der Waals surface area contributed by atoms with Gasteiger partial charge in [-0.2, -0.15) is 10.2 Å². The van der Waals surface area contributed by atoms with E-state index in [0.29, 0.717) is 18.0 Å². The highest BCUT2D eigenvalue weighted by Crippen LogP contribution is 2.30. The second-order valence-electron chi connectivity index (χ2n) is 9.08. The lowest BCUT2D eigenvalue weighted by Gasteiger charge is -2.19. The Morgan fingerprint density at radius 2 is 2.00 bits per heavy atom. The number of aromatic nitrogens is 5. The van der Waals surface area contributed by atoms with Crippen LogP contribution in [0.1, 0.15) is 26.3 Å². The van der Waals surface area contributed by atoms with Gasteiger partial charge in [-0.3, -0.25) is 14.3 Å². The van der Waals surface area contributed by atoms with E-state index in [1.165, 1.54) is 16.9 Å². The molecule has 0 bridgehead atoms. The minimum atomic E-state index is -0.879. The molecule has 0 fully saturated rings. The van der Waals surface area contributed by atoms with Gasteiger partial charge in [0.15, 0.2) is 11.6 Å². The highest BCUT2D eigenvalue weighted by Gasteiger charge is 2.25. The molecule has 1 aromatic carbocycles. The summed E-state index contributed by atoms with van der Waals surface area (Å²) in [6.45, 7) is 3.83. The fraction of sp³-hybridized carbons (Fsp3) is 0.360. The molecule has 3 N–H and O–H groups in total. The summed E-state index contributed by atoms with van der Waals surface area (Å²) < 4.78 is 10.5. The molecule has 1 amide bonds. The van der Waals surface area contributed by atoms with Crippen molar-refractivity contribution in [3.8, 4) is 11.5 Å². The maximum Gasteiger partial charge on any atom is 0.271 e. The molecule has 4 rings (SSSR count). The van der Waals surface area contributed by atoms with Crippen LogP contribution in [0, 0.1) is 5.92 Å². The van der Waals surface area contributed by atoms with Gasteiger partial charge in [-0.05, 0) is 30.5 Å². The molecule has 3 heterocycles. The summed E-state index contributed by atoms with van der Waals surface area (Å²) in [6.07, 6.45) is 4.46. The number of aliphatic hydroxyl groups is 2. The van der Waals surface area contributed by atoms with Gasteiger partial charge in [-0.15, -0.1) is 0 Å². The van der Waals surface area contributed by atoms with E-state index in [9.17, 15) is 14.7 Å². The smallest absolute Gasteiger partial charge is 0.271 e. The monoisotopic (exact) mass is 494 g/mol. The Hall–Kier alpha value is -3.96. The summed E-state index contributed by atoms with van der Waals surface area (Å²) in [5, 5.41) is 30.9. The Labute approximate surface area is 207 Å². The standard InChI is InChI=1S/C25H30N6O5/c1-16(2)11-21(25(35)27-23-8-9-29(3)28-23)31-24(34)12-18(13-26-31)36-22-6-4-5-20-19(22)7-10-30(20)14-17(33)15-32/h4-10,12-13,16-17,21,32-33H,11,14-15H2,1-3H3,(H,27,28,35)/t17-,21?/m1/s1. The molecule has 36 heavy (non-hydrogen) atoms. The van der Waals surface area contributed by atoms with E-state index in [0.717, 1.165) is 10.9 Å². The van der Waals surface area contributed by atoms with Crippen molar-refractivity contribution in [1.82, 2.24) is 24.1 Å². The molecule has 0 saturated carbocycles. The predicted octanol–water partition coefficient (Wildman–Crippen LogP) is 2.30. The molecule has 0 saturated heterocycles. The number of nitrogens with one attached hydrogen (secondary N) is 1. The summed E-state index contributed by atoms with van der Waals surface area (Å²) in [5.41, 5.74) is 0.342. The zero-order valence-corrected chi connectivity index (χ0v) is 20.4. The van der Waals surface area contributed by atoms with Crippen LogP contribution in [0.2, 0.25) is 0 Å². The number of hydrogen-bond donors (Lipinski definition) is 3. The van der Waals surface area contributed by atoms with Crippen LogP contribution in [0.15, 0.2) is 59.8 Å². The third-order valence-electron chi connectivity index (χ3n) is 5.68. The molecule has 11 nitrogen and oxygen atoms in total. The van der Waals surface area contributed by atoms with Crippen LogP contribution in [0.4, 0.5) is 5.82 Å². The number of aliphatic hydroxyl groups excluding tert-OH is 2. The van der Waals surface area contributed by atoms with Gasteiger partial charge < -0.3 is 24.8 Å². The van der Waals surface area contributed by atoms with Crippen LogP contribution < -0.4 is 15.6 Å². The van der Waals surface area contributed by atoms with Gasteiger partial charge in [0.05, 0.1) is 31.0 Å². The average Bonchev–Trinajstić information content (AvgIpc) is 3.44. The number of fused-ring (bicyclic) bond motifs is 1. The highest BCUT2D eigenvalue weighted by molar-refractivity contribution is 5.92. The fourth-order valence-corrected chi connectivity index (χ4v) is 4.00. The number of nitrogens with zero attached hydrogens (tertiary/aromatic N) is 5. The second-order valence-corrected chi connectivity index (χ2v) is 9.08. The number of amides is 1. The number of ether oxygens (including phenoxy) is 1. The van der Waals surface area contributed by atoms with Crippen LogP contribution >= 0.6 is 0 Å². The lowest BCUT2D eigenvalue weighted by molar-refractivity contribution is -0.120. The molecule has 3 aromatic heterocycles. The molecule has 190 valence electrons. The molecule has 0 aliphatic carbocycles. The molecular formula is C25H30N6O5. The fourth-order valence-electron chi connectivity index (χ4n) is 4.00. The minimum absolute atomic E-state index is 0.139. The van der Waals surface area contributed by atoms with E-state index in [2.05, 4.69) is 15.5 Å². The van der Waals surface area contributed by atoms with E-state index < -0.39 is 17.7 Å². The van der Waals surface area contributed by atoms with Crippen molar-refractivity contribution in [2.24, 2.45) is 13.0 Å². The SMILES string of the molecule is CC(C)CC(C(=O)Nc1ccn(C)n1)n1ncc(Oc2cccc3c2ccn3C[C@@H](O)CO)cc1=O. The minimum Gasteiger partial charge on any atom is -0.455 e. The van der Waals surface area contributed by atoms with Crippen molar-refractivity contribution in [3.05, 3.63) is 65.3 Å². The summed E-state index contributed by atoms with van der Waals surface area (Å²) >= 11 is 0. The summed E-state index contributed by atoms with van der Waals surface area (Å²) in [7, 11) is 1.75. The van der Waals surface area contributed by atoms with E-state index in [1.54, 1.807) is 42.3 Å². The molecule has 0 radical (unpaired) electrons. The molecule has 0 aliphatic rings. The maximum atomic E-state index is 13.0. The first kappa shape index (κ1) is 25.1. The van der Waals surface area contributed by atoms with Gasteiger partial charge in [0.1, 0.15) is 11.8 Å². The third kappa shape index (κ3) is 5.64. The molecule has 0 spiro atoms. The third-order valence-corrected chi connectivity index (χ3v) is 5.68. The number of aryl methyl sites for hydroxylation is 1. The van der Waals surface area contributed by atoms with Crippen molar-refractivity contribution in [2.75, 3.05) is 11.9 Å². The highest BCUT2D eigenvalue weighted by atomic mass is 16.5. The number of anilines is 1. The average molecular weight is 495 g/mol. The van der Waals surface area contributed by atoms with Crippen LogP contribution in [-0.4, -0.2) is 53.0 Å². The van der Waals surface area contributed by atoms with Gasteiger partial charge in [0, 0.05) is 37.0 Å². The van der Waals surface area contributed by atoms with E-state index >= 15 is 0 Å². The van der Waals surface area contributed by atoms with Gasteiger partial charge >= 0.3 is 0 Å². The lowest BCUT2D eigenvalue weighted by Crippen LogP contribution is -2.35. The normalized spacial score (nSPS) is 13.2. The Morgan fingerprint density at radius 1 is 1.19 bits per heavy atom.